The summed E-state index contributed by atoms with van der Waals surface area (Å²) in [7, 11) is 1.73. The molecule has 1 aromatic rings. The maximum Gasteiger partial charge on any atom is 0.303 e. The molecule has 0 heterocycles. The molecule has 0 radical (unpaired) electrons. The average molecular weight is 295 g/mol. The number of amides is 1. The Bertz CT molecular complexity index is 436. The molecule has 1 amide bonds. The minimum Gasteiger partial charge on any atom is -0.481 e. The van der Waals surface area contributed by atoms with E-state index in [9.17, 15) is 9.59 Å². The van der Waals surface area contributed by atoms with E-state index >= 15 is 0 Å². The van der Waals surface area contributed by atoms with Gasteiger partial charge in [0.2, 0.25) is 5.91 Å². The second-order valence-corrected chi connectivity index (χ2v) is 6.03. The summed E-state index contributed by atoms with van der Waals surface area (Å²) in [6.45, 7) is 2.38. The molecule has 0 saturated carbocycles. The van der Waals surface area contributed by atoms with E-state index in [1.807, 2.05) is 37.3 Å². The summed E-state index contributed by atoms with van der Waals surface area (Å²) >= 11 is 1.60. The second-order valence-electron chi connectivity index (χ2n) is 4.70. The van der Waals surface area contributed by atoms with Gasteiger partial charge in [-0.1, -0.05) is 30.3 Å². The van der Waals surface area contributed by atoms with Crippen LogP contribution in [0.3, 0.4) is 0 Å². The van der Waals surface area contributed by atoms with Crippen molar-refractivity contribution in [3.05, 3.63) is 35.9 Å². The number of hydrogen-bond donors (Lipinski definition) is 1. The molecule has 1 aromatic carbocycles. The SMILES string of the molecule is CC(SCc1ccccc1)C(=O)N(C)CCCC(=O)O. The molecule has 0 saturated heterocycles. The molecule has 1 N–H and O–H groups in total. The quantitative estimate of drug-likeness (QED) is 0.801. The number of hydrogen-bond acceptors (Lipinski definition) is 3. The van der Waals surface area contributed by atoms with Gasteiger partial charge in [-0.2, -0.15) is 0 Å². The van der Waals surface area contributed by atoms with Crippen molar-refractivity contribution in [2.75, 3.05) is 13.6 Å². The van der Waals surface area contributed by atoms with E-state index in [2.05, 4.69) is 0 Å². The Kier molecular flexibility index (Phi) is 7.15. The van der Waals surface area contributed by atoms with Gasteiger partial charge >= 0.3 is 5.97 Å². The molecule has 5 heteroatoms. The molecule has 0 aliphatic rings. The third kappa shape index (κ3) is 6.10. The van der Waals surface area contributed by atoms with Crippen LogP contribution in [0.1, 0.15) is 25.3 Å². The van der Waals surface area contributed by atoms with Gasteiger partial charge in [0.15, 0.2) is 0 Å². The molecule has 20 heavy (non-hydrogen) atoms. The summed E-state index contributed by atoms with van der Waals surface area (Å²) in [5.74, 6) is 0.0325. The Morgan fingerprint density at radius 1 is 1.30 bits per heavy atom. The van der Waals surface area contributed by atoms with Gasteiger partial charge in [0.1, 0.15) is 0 Å². The average Bonchev–Trinajstić information content (AvgIpc) is 2.44. The summed E-state index contributed by atoms with van der Waals surface area (Å²) in [6, 6.07) is 10.0. The van der Waals surface area contributed by atoms with Gasteiger partial charge in [-0.15, -0.1) is 11.8 Å². The third-order valence-electron chi connectivity index (χ3n) is 2.95. The molecule has 1 rings (SSSR count). The normalized spacial score (nSPS) is 11.9. The second kappa shape index (κ2) is 8.64. The molecular formula is C15H21NO3S. The maximum absolute atomic E-state index is 12.1. The number of nitrogens with zero attached hydrogens (tertiary/aromatic N) is 1. The van der Waals surface area contributed by atoms with Crippen molar-refractivity contribution in [2.45, 2.75) is 30.8 Å². The van der Waals surface area contributed by atoms with Crippen molar-refractivity contribution >= 4 is 23.6 Å². The molecule has 0 aromatic heterocycles. The van der Waals surface area contributed by atoms with Crippen molar-refractivity contribution in [1.29, 1.82) is 0 Å². The Balaban J connectivity index is 2.32. The van der Waals surface area contributed by atoms with Gasteiger partial charge in [0, 0.05) is 25.8 Å². The molecule has 4 nitrogen and oxygen atoms in total. The van der Waals surface area contributed by atoms with Crippen LogP contribution in [0.15, 0.2) is 30.3 Å². The number of carbonyl (C=O) groups is 2. The monoisotopic (exact) mass is 295 g/mol. The molecule has 0 fully saturated rings. The lowest BCUT2D eigenvalue weighted by Crippen LogP contribution is -2.34. The Morgan fingerprint density at radius 2 is 1.95 bits per heavy atom. The molecule has 0 aliphatic heterocycles. The zero-order valence-electron chi connectivity index (χ0n) is 11.9. The van der Waals surface area contributed by atoms with Crippen molar-refractivity contribution in [2.24, 2.45) is 0 Å². The molecule has 0 spiro atoms. The maximum atomic E-state index is 12.1. The van der Waals surface area contributed by atoms with Crippen LogP contribution >= 0.6 is 11.8 Å². The van der Waals surface area contributed by atoms with Gasteiger partial charge in [-0.05, 0) is 18.9 Å². The third-order valence-corrected chi connectivity index (χ3v) is 4.15. The van der Waals surface area contributed by atoms with E-state index in [0.717, 1.165) is 5.75 Å². The van der Waals surface area contributed by atoms with E-state index in [-0.39, 0.29) is 17.6 Å². The van der Waals surface area contributed by atoms with Crippen LogP contribution in [0.25, 0.3) is 0 Å². The summed E-state index contributed by atoms with van der Waals surface area (Å²) in [5.41, 5.74) is 1.20. The lowest BCUT2D eigenvalue weighted by Gasteiger charge is -2.20. The first kappa shape index (κ1) is 16.6. The van der Waals surface area contributed by atoms with Crippen LogP contribution in [0.5, 0.6) is 0 Å². The number of carboxylic acids is 1. The molecule has 110 valence electrons. The van der Waals surface area contributed by atoms with Crippen molar-refractivity contribution in [3.63, 3.8) is 0 Å². The molecule has 0 bridgehead atoms. The van der Waals surface area contributed by atoms with E-state index in [1.54, 1.807) is 23.7 Å². The summed E-state index contributed by atoms with van der Waals surface area (Å²) in [4.78, 5) is 24.2. The Hall–Kier alpha value is -1.49. The fourth-order valence-corrected chi connectivity index (χ4v) is 2.71. The van der Waals surface area contributed by atoms with Gasteiger partial charge in [0.25, 0.3) is 0 Å². The number of aliphatic carboxylic acids is 1. The number of benzene rings is 1. The van der Waals surface area contributed by atoms with Crippen LogP contribution in [0.4, 0.5) is 0 Å². The first-order valence-corrected chi connectivity index (χ1v) is 7.68. The van der Waals surface area contributed by atoms with Crippen LogP contribution < -0.4 is 0 Å². The highest BCUT2D eigenvalue weighted by Crippen LogP contribution is 2.19. The van der Waals surface area contributed by atoms with E-state index in [4.69, 9.17) is 5.11 Å². The topological polar surface area (TPSA) is 57.6 Å². The van der Waals surface area contributed by atoms with E-state index < -0.39 is 5.97 Å². The lowest BCUT2D eigenvalue weighted by molar-refractivity contribution is -0.137. The molecule has 0 aliphatic carbocycles. The Labute approximate surface area is 124 Å². The summed E-state index contributed by atoms with van der Waals surface area (Å²) in [6.07, 6.45) is 0.594. The highest BCUT2D eigenvalue weighted by atomic mass is 32.2. The van der Waals surface area contributed by atoms with E-state index in [1.165, 1.54) is 5.56 Å². The highest BCUT2D eigenvalue weighted by molar-refractivity contribution is 7.99. The number of carboxylic acid groups (broad SMARTS) is 1. The van der Waals surface area contributed by atoms with Crippen molar-refractivity contribution in [1.82, 2.24) is 4.90 Å². The first-order chi connectivity index (χ1) is 9.50. The zero-order valence-corrected chi connectivity index (χ0v) is 12.7. The van der Waals surface area contributed by atoms with Gasteiger partial charge in [-0.25, -0.2) is 0 Å². The number of carbonyl (C=O) groups excluding carboxylic acids is 1. The number of thioether (sulfide) groups is 1. The van der Waals surface area contributed by atoms with E-state index in [0.29, 0.717) is 13.0 Å². The van der Waals surface area contributed by atoms with Crippen LogP contribution in [-0.4, -0.2) is 40.7 Å². The van der Waals surface area contributed by atoms with Crippen LogP contribution in [0, 0.1) is 0 Å². The summed E-state index contributed by atoms with van der Waals surface area (Å²) in [5, 5.41) is 8.46. The highest BCUT2D eigenvalue weighted by Gasteiger charge is 2.17. The summed E-state index contributed by atoms with van der Waals surface area (Å²) < 4.78 is 0. The smallest absolute Gasteiger partial charge is 0.303 e. The predicted molar refractivity (Wildman–Crippen MR) is 81.7 cm³/mol. The minimum absolute atomic E-state index is 0.0521. The largest absolute Gasteiger partial charge is 0.481 e. The van der Waals surface area contributed by atoms with Gasteiger partial charge in [-0.3, -0.25) is 9.59 Å². The predicted octanol–water partition coefficient (Wildman–Crippen LogP) is 2.63. The fourth-order valence-electron chi connectivity index (χ4n) is 1.75. The molecule has 1 unspecified atom stereocenters. The van der Waals surface area contributed by atoms with Gasteiger partial charge in [0.05, 0.1) is 5.25 Å². The van der Waals surface area contributed by atoms with Crippen molar-refractivity contribution in [3.8, 4) is 0 Å². The van der Waals surface area contributed by atoms with Gasteiger partial charge < -0.3 is 10.0 Å². The minimum atomic E-state index is -0.822. The Morgan fingerprint density at radius 3 is 2.55 bits per heavy atom. The lowest BCUT2D eigenvalue weighted by atomic mass is 10.2. The van der Waals surface area contributed by atoms with Crippen LogP contribution in [-0.2, 0) is 15.3 Å². The standard InChI is InChI=1S/C15H21NO3S/c1-12(20-11-13-7-4-3-5-8-13)15(19)16(2)10-6-9-14(17)18/h3-5,7-8,12H,6,9-11H2,1-2H3,(H,17,18). The first-order valence-electron chi connectivity index (χ1n) is 6.63. The molecular weight excluding hydrogens is 274 g/mol. The fraction of sp³-hybridized carbons (Fsp3) is 0.467. The number of rotatable bonds is 8. The molecule has 1 atom stereocenters. The van der Waals surface area contributed by atoms with Crippen LogP contribution in [0.2, 0.25) is 0 Å². The zero-order chi connectivity index (χ0) is 15.0. The van der Waals surface area contributed by atoms with Crippen molar-refractivity contribution < 1.29 is 14.7 Å².